The summed E-state index contributed by atoms with van der Waals surface area (Å²) in [7, 11) is 0. The molecule has 9 nitrogen and oxygen atoms in total. The lowest BCUT2D eigenvalue weighted by atomic mass is 9.72. The third kappa shape index (κ3) is 6.23. The van der Waals surface area contributed by atoms with Crippen LogP contribution in [-0.2, 0) is 4.74 Å². The fourth-order valence-corrected chi connectivity index (χ4v) is 5.93. The molecule has 0 radical (unpaired) electrons. The van der Waals surface area contributed by atoms with Gasteiger partial charge in [-0.15, -0.1) is 0 Å². The third-order valence-electron chi connectivity index (χ3n) is 8.12. The number of amides is 2. The predicted octanol–water partition coefficient (Wildman–Crippen LogP) is 5.60. The first-order valence-corrected chi connectivity index (χ1v) is 14.3. The number of ether oxygens (including phenoxy) is 2. The number of anilines is 1. The van der Waals surface area contributed by atoms with Crippen molar-refractivity contribution in [3.8, 4) is 11.5 Å². The first-order chi connectivity index (χ1) is 19.3. The normalized spacial score (nSPS) is 21.8. The van der Waals surface area contributed by atoms with E-state index < -0.39 is 23.5 Å². The van der Waals surface area contributed by atoms with Crippen LogP contribution in [0.5, 0.6) is 11.5 Å². The van der Waals surface area contributed by atoms with E-state index in [1.807, 2.05) is 34.6 Å². The Balaban J connectivity index is 1.28. The second-order valence-electron chi connectivity index (χ2n) is 12.8. The molecule has 1 spiro atoms. The van der Waals surface area contributed by atoms with Crippen LogP contribution in [0.25, 0.3) is 0 Å². The minimum Gasteiger partial charge on any atom is -0.451 e. The summed E-state index contributed by atoms with van der Waals surface area (Å²) in [6, 6.07) is 3.42. The van der Waals surface area contributed by atoms with Crippen molar-refractivity contribution in [1.29, 1.82) is 0 Å². The van der Waals surface area contributed by atoms with Gasteiger partial charge in [0.05, 0.1) is 11.8 Å². The van der Waals surface area contributed by atoms with Crippen LogP contribution in [-0.4, -0.2) is 81.8 Å². The van der Waals surface area contributed by atoms with Crippen LogP contribution in [0, 0.1) is 11.2 Å². The smallest absolute Gasteiger partial charge is 0.410 e. The van der Waals surface area contributed by atoms with Gasteiger partial charge in [0.1, 0.15) is 29.7 Å². The number of piperidine rings is 1. The molecular formula is C30H39F2N5O4. The maximum absolute atomic E-state index is 14.4. The number of nitrogens with zero attached hydrogens (tertiary/aromatic N) is 5. The van der Waals surface area contributed by atoms with Gasteiger partial charge in [-0.05, 0) is 78.5 Å². The number of aromatic nitrogens is 2. The maximum atomic E-state index is 14.4. The Morgan fingerprint density at radius 3 is 2.41 bits per heavy atom. The van der Waals surface area contributed by atoms with Crippen LogP contribution in [0.4, 0.5) is 19.4 Å². The molecule has 2 saturated heterocycles. The minimum atomic E-state index is -0.925. The van der Waals surface area contributed by atoms with Crippen molar-refractivity contribution in [2.75, 3.05) is 31.1 Å². The number of likely N-dealkylation sites (tertiary alicyclic amines) is 1. The SMILES string of the molecule is CC(C)N(C(=O)c1cc(F)ccc1Oc1cncnc1N1CC2(CCN(C(=O)OC(C)(C)C)CC2)C1)C1CC(F)C1. The Kier molecular flexibility index (Phi) is 7.82. The molecule has 2 amide bonds. The van der Waals surface area contributed by atoms with Crippen molar-refractivity contribution >= 4 is 17.8 Å². The van der Waals surface area contributed by atoms with Crippen LogP contribution in [0.3, 0.4) is 0 Å². The Hall–Kier alpha value is -3.50. The molecule has 41 heavy (non-hydrogen) atoms. The maximum Gasteiger partial charge on any atom is 0.410 e. The molecule has 0 N–H and O–H groups in total. The van der Waals surface area contributed by atoms with Crippen LogP contribution in [0.2, 0.25) is 0 Å². The van der Waals surface area contributed by atoms with Gasteiger partial charge in [0.15, 0.2) is 11.6 Å². The van der Waals surface area contributed by atoms with E-state index in [1.165, 1.54) is 30.7 Å². The fourth-order valence-electron chi connectivity index (χ4n) is 5.93. The van der Waals surface area contributed by atoms with Crippen molar-refractivity contribution in [3.05, 3.63) is 42.1 Å². The lowest BCUT2D eigenvalue weighted by Crippen LogP contribution is -2.61. The van der Waals surface area contributed by atoms with Crippen LogP contribution >= 0.6 is 0 Å². The lowest BCUT2D eigenvalue weighted by Gasteiger charge is -2.54. The van der Waals surface area contributed by atoms with E-state index in [9.17, 15) is 18.4 Å². The zero-order chi connectivity index (χ0) is 29.5. The summed E-state index contributed by atoms with van der Waals surface area (Å²) in [6.07, 6.45) is 4.04. The second kappa shape index (κ2) is 11.1. The molecule has 1 aliphatic carbocycles. The Labute approximate surface area is 239 Å². The molecule has 1 aromatic heterocycles. The van der Waals surface area contributed by atoms with Crippen LogP contribution in [0.15, 0.2) is 30.7 Å². The fraction of sp³-hybridized carbons (Fsp3) is 0.600. The van der Waals surface area contributed by atoms with E-state index in [4.69, 9.17) is 9.47 Å². The van der Waals surface area contributed by atoms with E-state index in [0.717, 1.165) is 25.9 Å². The van der Waals surface area contributed by atoms with Gasteiger partial charge in [-0.3, -0.25) is 4.79 Å². The summed E-state index contributed by atoms with van der Waals surface area (Å²) in [5, 5.41) is 0. The van der Waals surface area contributed by atoms with Crippen molar-refractivity contribution in [2.45, 2.75) is 84.2 Å². The topological polar surface area (TPSA) is 88.1 Å². The van der Waals surface area contributed by atoms with Gasteiger partial charge in [-0.1, -0.05) is 0 Å². The molecule has 5 rings (SSSR count). The molecule has 3 heterocycles. The summed E-state index contributed by atoms with van der Waals surface area (Å²) in [5.41, 5.74) is -0.392. The van der Waals surface area contributed by atoms with Crippen molar-refractivity contribution in [2.24, 2.45) is 5.41 Å². The summed E-state index contributed by atoms with van der Waals surface area (Å²) < 4.78 is 39.7. The molecule has 2 aliphatic heterocycles. The lowest BCUT2D eigenvalue weighted by molar-refractivity contribution is 0.00583. The van der Waals surface area contributed by atoms with Crippen LogP contribution in [0.1, 0.15) is 70.7 Å². The number of hydrogen-bond donors (Lipinski definition) is 0. The molecule has 222 valence electrons. The Morgan fingerprint density at radius 1 is 1.12 bits per heavy atom. The van der Waals surface area contributed by atoms with Crippen molar-refractivity contribution in [3.63, 3.8) is 0 Å². The number of hydrogen-bond acceptors (Lipinski definition) is 7. The predicted molar refractivity (Wildman–Crippen MR) is 149 cm³/mol. The monoisotopic (exact) mass is 571 g/mol. The largest absolute Gasteiger partial charge is 0.451 e. The van der Waals surface area contributed by atoms with Crippen LogP contribution < -0.4 is 9.64 Å². The molecule has 2 aromatic rings. The molecule has 0 atom stereocenters. The summed E-state index contributed by atoms with van der Waals surface area (Å²) in [5.74, 6) is 0.175. The average molecular weight is 572 g/mol. The summed E-state index contributed by atoms with van der Waals surface area (Å²) >= 11 is 0. The number of rotatable bonds is 6. The number of benzene rings is 1. The highest BCUT2D eigenvalue weighted by Crippen LogP contribution is 2.45. The summed E-state index contributed by atoms with van der Waals surface area (Å²) in [6.45, 7) is 12.1. The van der Waals surface area contributed by atoms with Gasteiger partial charge in [0, 0.05) is 43.7 Å². The van der Waals surface area contributed by atoms with Gasteiger partial charge >= 0.3 is 6.09 Å². The van der Waals surface area contributed by atoms with Gasteiger partial charge in [0.25, 0.3) is 5.91 Å². The Bertz CT molecular complexity index is 1280. The van der Waals surface area contributed by atoms with Gasteiger partial charge in [-0.25, -0.2) is 23.5 Å². The van der Waals surface area contributed by atoms with Crippen molar-refractivity contribution < 1.29 is 27.8 Å². The number of halogens is 2. The van der Waals surface area contributed by atoms with E-state index in [0.29, 0.717) is 24.7 Å². The zero-order valence-corrected chi connectivity index (χ0v) is 24.4. The molecule has 1 aromatic carbocycles. The number of alkyl halides is 1. The highest BCUT2D eigenvalue weighted by atomic mass is 19.1. The van der Waals surface area contributed by atoms with Gasteiger partial charge in [0.2, 0.25) is 0 Å². The average Bonchev–Trinajstić information content (AvgIpc) is 2.86. The van der Waals surface area contributed by atoms with Gasteiger partial charge < -0.3 is 24.2 Å². The first kappa shape index (κ1) is 29.0. The molecular weight excluding hydrogens is 532 g/mol. The molecule has 0 bridgehead atoms. The van der Waals surface area contributed by atoms with E-state index >= 15 is 0 Å². The molecule has 3 aliphatic rings. The second-order valence-corrected chi connectivity index (χ2v) is 12.8. The molecule has 0 unspecified atom stereocenters. The highest BCUT2D eigenvalue weighted by molar-refractivity contribution is 5.97. The summed E-state index contributed by atoms with van der Waals surface area (Å²) in [4.78, 5) is 40.2. The Morgan fingerprint density at radius 2 is 1.80 bits per heavy atom. The van der Waals surface area contributed by atoms with Gasteiger partial charge in [-0.2, -0.15) is 0 Å². The highest BCUT2D eigenvalue weighted by Gasteiger charge is 2.47. The standard InChI is InChI=1S/C30H39F2N5O4/c1-19(2)37(22-12-21(32)13-22)27(38)23-14-20(31)6-7-24(23)40-25-15-33-18-34-26(25)36-16-30(17-36)8-10-35(11-9-30)28(39)41-29(3,4)5/h6-7,14-15,18-19,21-22H,8-13,16-17H2,1-5H3. The zero-order valence-electron chi connectivity index (χ0n) is 24.4. The number of carbonyl (C=O) groups excluding carboxylic acids is 2. The molecule has 1 saturated carbocycles. The number of carbonyl (C=O) groups is 2. The van der Waals surface area contributed by atoms with E-state index in [-0.39, 0.29) is 47.7 Å². The van der Waals surface area contributed by atoms with Crippen molar-refractivity contribution in [1.82, 2.24) is 19.8 Å². The van der Waals surface area contributed by atoms with E-state index in [1.54, 1.807) is 9.80 Å². The molecule has 3 fully saturated rings. The molecule has 11 heteroatoms. The quantitative estimate of drug-likeness (QED) is 0.446. The van der Waals surface area contributed by atoms with E-state index in [2.05, 4.69) is 14.9 Å². The minimum absolute atomic E-state index is 0.0621. The first-order valence-electron chi connectivity index (χ1n) is 14.3. The third-order valence-corrected chi connectivity index (χ3v) is 8.12.